The van der Waals surface area contributed by atoms with Crippen molar-refractivity contribution in [1.29, 1.82) is 0 Å². The predicted molar refractivity (Wildman–Crippen MR) is 131 cm³/mol. The molecule has 1 aromatic heterocycles. The molecular formula is C27H33N3O3. The number of aromatic nitrogens is 1. The lowest BCUT2D eigenvalue weighted by Gasteiger charge is -2.40. The zero-order valence-corrected chi connectivity index (χ0v) is 19.8. The molecule has 0 bridgehead atoms. The molecule has 0 radical (unpaired) electrons. The first-order chi connectivity index (χ1) is 15.9. The molecule has 0 unspecified atom stereocenters. The number of pyridine rings is 1. The fourth-order valence-corrected chi connectivity index (χ4v) is 4.88. The van der Waals surface area contributed by atoms with Gasteiger partial charge in [-0.15, -0.1) is 0 Å². The third-order valence-electron chi connectivity index (χ3n) is 7.10. The van der Waals surface area contributed by atoms with Crippen LogP contribution >= 0.6 is 0 Å². The fraction of sp³-hybridized carbons (Fsp3) is 0.444. The van der Waals surface area contributed by atoms with Crippen LogP contribution in [0.2, 0.25) is 0 Å². The van der Waals surface area contributed by atoms with Crippen molar-refractivity contribution in [2.24, 2.45) is 0 Å². The number of aryl methyl sites for hydroxylation is 2. The van der Waals surface area contributed by atoms with Gasteiger partial charge in [-0.25, -0.2) is 0 Å². The van der Waals surface area contributed by atoms with Gasteiger partial charge in [-0.1, -0.05) is 18.2 Å². The molecule has 0 spiro atoms. The lowest BCUT2D eigenvalue weighted by atomic mass is 9.89. The average Bonchev–Trinajstić information content (AvgIpc) is 2.81. The number of ether oxygens (including phenoxy) is 2. The lowest BCUT2D eigenvalue weighted by Crippen LogP contribution is -2.51. The smallest absolute Gasteiger partial charge is 0.252 e. The van der Waals surface area contributed by atoms with Gasteiger partial charge < -0.3 is 14.8 Å². The van der Waals surface area contributed by atoms with E-state index in [1.807, 2.05) is 17.6 Å². The first-order valence-electron chi connectivity index (χ1n) is 11.9. The van der Waals surface area contributed by atoms with Crippen LogP contribution in [0.4, 0.5) is 0 Å². The number of fused-ring (bicyclic) bond motifs is 2. The Labute approximate surface area is 195 Å². The largest absolute Gasteiger partial charge is 0.486 e. The van der Waals surface area contributed by atoms with E-state index in [9.17, 15) is 4.79 Å². The quantitative estimate of drug-likeness (QED) is 0.641. The van der Waals surface area contributed by atoms with Gasteiger partial charge >= 0.3 is 0 Å². The lowest BCUT2D eigenvalue weighted by molar-refractivity contribution is 0.118. The highest BCUT2D eigenvalue weighted by atomic mass is 16.6. The van der Waals surface area contributed by atoms with E-state index in [1.54, 1.807) is 6.07 Å². The number of hydrogen-bond donors (Lipinski definition) is 1. The Bertz CT molecular complexity index is 1230. The van der Waals surface area contributed by atoms with Crippen LogP contribution in [-0.4, -0.2) is 41.3 Å². The topological polar surface area (TPSA) is 55.7 Å². The third-order valence-corrected chi connectivity index (χ3v) is 7.10. The normalized spacial score (nSPS) is 17.9. The van der Waals surface area contributed by atoms with Crippen LogP contribution in [0, 0.1) is 13.8 Å². The van der Waals surface area contributed by atoms with Crippen LogP contribution in [0.25, 0.3) is 10.9 Å². The molecule has 1 fully saturated rings. The summed E-state index contributed by atoms with van der Waals surface area (Å²) >= 11 is 0. The van der Waals surface area contributed by atoms with Crippen molar-refractivity contribution in [2.75, 3.05) is 26.3 Å². The zero-order valence-electron chi connectivity index (χ0n) is 19.8. The first-order valence-corrected chi connectivity index (χ1v) is 11.9. The number of nitrogens with one attached hydrogen (secondary N) is 1. The monoisotopic (exact) mass is 447 g/mol. The van der Waals surface area contributed by atoms with Crippen molar-refractivity contribution in [3.63, 3.8) is 0 Å². The van der Waals surface area contributed by atoms with Gasteiger partial charge in [0, 0.05) is 36.6 Å². The van der Waals surface area contributed by atoms with Gasteiger partial charge in [-0.2, -0.15) is 0 Å². The molecular weight excluding hydrogens is 414 g/mol. The van der Waals surface area contributed by atoms with Crippen LogP contribution in [0.3, 0.4) is 0 Å². The van der Waals surface area contributed by atoms with E-state index in [2.05, 4.69) is 54.4 Å². The van der Waals surface area contributed by atoms with Gasteiger partial charge in [0.2, 0.25) is 0 Å². The zero-order chi connectivity index (χ0) is 23.0. The Balaban J connectivity index is 1.23. The van der Waals surface area contributed by atoms with Gasteiger partial charge in [0.15, 0.2) is 11.5 Å². The second-order valence-corrected chi connectivity index (χ2v) is 9.77. The van der Waals surface area contributed by atoms with Crippen molar-refractivity contribution in [3.8, 4) is 11.5 Å². The fourth-order valence-electron chi connectivity index (χ4n) is 4.88. The van der Waals surface area contributed by atoms with Crippen LogP contribution in [-0.2, 0) is 13.2 Å². The van der Waals surface area contributed by atoms with Crippen molar-refractivity contribution in [3.05, 3.63) is 69.5 Å². The summed E-state index contributed by atoms with van der Waals surface area (Å²) in [5, 5.41) is 4.93. The summed E-state index contributed by atoms with van der Waals surface area (Å²) in [4.78, 5) is 15.2. The van der Waals surface area contributed by atoms with Crippen LogP contribution in [0.15, 0.2) is 47.3 Å². The van der Waals surface area contributed by atoms with Gasteiger partial charge in [-0.3, -0.25) is 14.3 Å². The summed E-state index contributed by atoms with van der Waals surface area (Å²) < 4.78 is 13.3. The standard InChI is InChI=1S/C27H33N3O3/c1-19-4-6-22-20(2)15-26(31)30(23(22)14-19)18-29-10-8-27(3,9-11-29)28-17-21-5-7-24-25(16-21)33-13-12-32-24/h4-7,14-16,28H,8-13,17-18H2,1-3H3. The maximum Gasteiger partial charge on any atom is 0.252 e. The molecule has 2 aliphatic heterocycles. The molecule has 0 atom stereocenters. The third kappa shape index (κ3) is 4.63. The molecule has 2 aliphatic rings. The minimum atomic E-state index is 0.0701. The van der Waals surface area contributed by atoms with Gasteiger partial charge in [0.25, 0.3) is 5.56 Å². The maximum atomic E-state index is 12.8. The van der Waals surface area contributed by atoms with E-state index in [1.165, 1.54) is 11.1 Å². The SMILES string of the molecule is Cc1ccc2c(C)cc(=O)n(CN3CCC(C)(NCc4ccc5c(c4)OCCO5)CC3)c2c1. The Morgan fingerprint density at radius 3 is 2.52 bits per heavy atom. The minimum absolute atomic E-state index is 0.0701. The second kappa shape index (κ2) is 8.84. The van der Waals surface area contributed by atoms with E-state index < -0.39 is 0 Å². The molecule has 0 saturated carbocycles. The highest BCUT2D eigenvalue weighted by Crippen LogP contribution is 2.31. The summed E-state index contributed by atoms with van der Waals surface area (Å²) in [5.41, 5.74) is 4.61. The molecule has 1 saturated heterocycles. The highest BCUT2D eigenvalue weighted by Gasteiger charge is 2.30. The van der Waals surface area contributed by atoms with E-state index in [4.69, 9.17) is 9.47 Å². The molecule has 1 N–H and O–H groups in total. The van der Waals surface area contributed by atoms with Crippen LogP contribution < -0.4 is 20.3 Å². The molecule has 3 heterocycles. The van der Waals surface area contributed by atoms with Crippen LogP contribution in [0.1, 0.15) is 36.5 Å². The highest BCUT2D eigenvalue weighted by molar-refractivity contribution is 5.83. The first kappa shape index (κ1) is 22.0. The van der Waals surface area contributed by atoms with Gasteiger partial charge in [0.05, 0.1) is 12.2 Å². The summed E-state index contributed by atoms with van der Waals surface area (Å²) in [6, 6.07) is 14.3. The Hall–Kier alpha value is -2.83. The molecule has 6 heteroatoms. The Morgan fingerprint density at radius 1 is 0.970 bits per heavy atom. The molecule has 3 aromatic rings. The number of hydrogen-bond acceptors (Lipinski definition) is 5. The summed E-state index contributed by atoms with van der Waals surface area (Å²) in [6.07, 6.45) is 2.07. The van der Waals surface area contributed by atoms with Crippen molar-refractivity contribution in [1.82, 2.24) is 14.8 Å². The van der Waals surface area contributed by atoms with Crippen molar-refractivity contribution in [2.45, 2.75) is 52.4 Å². The Morgan fingerprint density at radius 2 is 1.73 bits per heavy atom. The predicted octanol–water partition coefficient (Wildman–Crippen LogP) is 3.99. The number of piperidine rings is 1. The Kier molecular flexibility index (Phi) is 5.89. The van der Waals surface area contributed by atoms with E-state index in [-0.39, 0.29) is 11.1 Å². The molecule has 0 amide bonds. The summed E-state index contributed by atoms with van der Waals surface area (Å²) in [6.45, 7) is 11.0. The number of benzene rings is 2. The number of likely N-dealkylation sites (tertiary alicyclic amines) is 1. The molecule has 2 aromatic carbocycles. The van der Waals surface area contributed by atoms with Crippen molar-refractivity contribution < 1.29 is 9.47 Å². The van der Waals surface area contributed by atoms with Gasteiger partial charge in [0.1, 0.15) is 13.2 Å². The molecule has 5 rings (SSSR count). The van der Waals surface area contributed by atoms with E-state index in [0.717, 1.165) is 60.4 Å². The number of rotatable bonds is 5. The average molecular weight is 448 g/mol. The summed E-state index contributed by atoms with van der Waals surface area (Å²) in [7, 11) is 0. The van der Waals surface area contributed by atoms with Crippen molar-refractivity contribution >= 4 is 10.9 Å². The summed E-state index contributed by atoms with van der Waals surface area (Å²) in [5.74, 6) is 1.67. The minimum Gasteiger partial charge on any atom is -0.486 e. The second-order valence-electron chi connectivity index (χ2n) is 9.77. The number of nitrogens with zero attached hydrogens (tertiary/aromatic N) is 2. The van der Waals surface area contributed by atoms with E-state index >= 15 is 0 Å². The van der Waals surface area contributed by atoms with Gasteiger partial charge in [-0.05, 0) is 68.5 Å². The maximum absolute atomic E-state index is 12.8. The van der Waals surface area contributed by atoms with Crippen LogP contribution in [0.5, 0.6) is 11.5 Å². The van der Waals surface area contributed by atoms with E-state index in [0.29, 0.717) is 19.9 Å². The molecule has 174 valence electrons. The molecule has 0 aliphatic carbocycles. The molecule has 33 heavy (non-hydrogen) atoms. The molecule has 6 nitrogen and oxygen atoms in total.